The van der Waals surface area contributed by atoms with Crippen LogP contribution in [0, 0.1) is 0 Å². The monoisotopic (exact) mass is 241 g/mol. The van der Waals surface area contributed by atoms with Crippen LogP contribution in [0.3, 0.4) is 0 Å². The number of Topliss-reactive ketones (excluding diaryl/α,β-unsaturated/α-hetero) is 1. The third kappa shape index (κ3) is 2.97. The van der Waals surface area contributed by atoms with E-state index in [9.17, 15) is 4.79 Å². The highest BCUT2D eigenvalue weighted by atomic mass is 35.5. The SMILES string of the molecule is CCCC(N)C(=O)c1ccc(Cl)c(OC)c1. The molecule has 0 saturated carbocycles. The molecule has 1 rings (SSSR count). The molecule has 88 valence electrons. The van der Waals surface area contributed by atoms with Crippen LogP contribution < -0.4 is 10.5 Å². The average molecular weight is 242 g/mol. The van der Waals surface area contributed by atoms with Crippen LogP contribution in [0.5, 0.6) is 5.75 Å². The maximum absolute atomic E-state index is 11.9. The Labute approximate surface area is 101 Å². The number of halogens is 1. The summed E-state index contributed by atoms with van der Waals surface area (Å²) in [5.41, 5.74) is 6.31. The first-order valence-corrected chi connectivity index (χ1v) is 5.61. The minimum atomic E-state index is -0.448. The van der Waals surface area contributed by atoms with Gasteiger partial charge in [-0.25, -0.2) is 0 Å². The number of benzene rings is 1. The molecule has 0 aliphatic carbocycles. The van der Waals surface area contributed by atoms with Crippen LogP contribution >= 0.6 is 11.6 Å². The summed E-state index contributed by atoms with van der Waals surface area (Å²) in [7, 11) is 1.52. The molecule has 0 fully saturated rings. The van der Waals surface area contributed by atoms with Crippen LogP contribution in [-0.2, 0) is 0 Å². The number of ether oxygens (including phenoxy) is 1. The standard InChI is InChI=1S/C12H16ClNO2/c1-3-4-10(14)12(15)8-5-6-9(13)11(7-8)16-2/h5-7,10H,3-4,14H2,1-2H3. The number of methoxy groups -OCH3 is 1. The van der Waals surface area contributed by atoms with Gasteiger partial charge in [-0.15, -0.1) is 0 Å². The maximum Gasteiger partial charge on any atom is 0.179 e. The molecule has 3 nitrogen and oxygen atoms in total. The van der Waals surface area contributed by atoms with Gasteiger partial charge in [-0.2, -0.15) is 0 Å². The van der Waals surface area contributed by atoms with E-state index in [1.54, 1.807) is 18.2 Å². The Kier molecular flexibility index (Phi) is 4.77. The first-order chi connectivity index (χ1) is 7.60. The number of ketones is 1. The molecular weight excluding hydrogens is 226 g/mol. The molecule has 0 aliphatic heterocycles. The summed E-state index contributed by atoms with van der Waals surface area (Å²) in [4.78, 5) is 11.9. The fourth-order valence-corrected chi connectivity index (χ4v) is 1.66. The first kappa shape index (κ1) is 13.0. The third-order valence-corrected chi connectivity index (χ3v) is 2.68. The van der Waals surface area contributed by atoms with E-state index in [2.05, 4.69) is 0 Å². The van der Waals surface area contributed by atoms with Crippen LogP contribution in [0.1, 0.15) is 30.1 Å². The van der Waals surface area contributed by atoms with Crippen molar-refractivity contribution in [2.75, 3.05) is 7.11 Å². The van der Waals surface area contributed by atoms with E-state index in [0.717, 1.165) is 6.42 Å². The van der Waals surface area contributed by atoms with E-state index in [4.69, 9.17) is 22.1 Å². The molecule has 0 aliphatic rings. The van der Waals surface area contributed by atoms with Gasteiger partial charge in [0, 0.05) is 5.56 Å². The van der Waals surface area contributed by atoms with Crippen molar-refractivity contribution in [1.29, 1.82) is 0 Å². The summed E-state index contributed by atoms with van der Waals surface area (Å²) in [5, 5.41) is 0.489. The average Bonchev–Trinajstić information content (AvgIpc) is 2.29. The fourth-order valence-electron chi connectivity index (χ4n) is 1.47. The molecule has 0 aromatic heterocycles. The Morgan fingerprint density at radius 2 is 2.25 bits per heavy atom. The van der Waals surface area contributed by atoms with Crippen molar-refractivity contribution in [2.45, 2.75) is 25.8 Å². The molecule has 2 N–H and O–H groups in total. The summed E-state index contributed by atoms with van der Waals surface area (Å²) in [6.45, 7) is 2.00. The highest BCUT2D eigenvalue weighted by Gasteiger charge is 2.16. The summed E-state index contributed by atoms with van der Waals surface area (Å²) in [6, 6.07) is 4.49. The Morgan fingerprint density at radius 1 is 1.56 bits per heavy atom. The van der Waals surface area contributed by atoms with Gasteiger partial charge in [0.15, 0.2) is 5.78 Å². The van der Waals surface area contributed by atoms with Crippen molar-refractivity contribution in [2.24, 2.45) is 5.73 Å². The van der Waals surface area contributed by atoms with E-state index in [-0.39, 0.29) is 5.78 Å². The lowest BCUT2D eigenvalue weighted by atomic mass is 10.0. The van der Waals surface area contributed by atoms with Crippen LogP contribution in [0.15, 0.2) is 18.2 Å². The second-order valence-electron chi connectivity index (χ2n) is 3.61. The van der Waals surface area contributed by atoms with Gasteiger partial charge in [0.25, 0.3) is 0 Å². The second-order valence-corrected chi connectivity index (χ2v) is 4.02. The Hall–Kier alpha value is -1.06. The predicted octanol–water partition coefficient (Wildman–Crippen LogP) is 2.66. The predicted molar refractivity (Wildman–Crippen MR) is 65.2 cm³/mol. The lowest BCUT2D eigenvalue weighted by molar-refractivity contribution is 0.0956. The summed E-state index contributed by atoms with van der Waals surface area (Å²) in [5.74, 6) is 0.424. The van der Waals surface area contributed by atoms with Crippen molar-refractivity contribution in [3.63, 3.8) is 0 Å². The van der Waals surface area contributed by atoms with Gasteiger partial charge in [0.2, 0.25) is 0 Å². The maximum atomic E-state index is 11.9. The van der Waals surface area contributed by atoms with Gasteiger partial charge < -0.3 is 10.5 Å². The Morgan fingerprint density at radius 3 is 2.81 bits per heavy atom. The molecule has 0 bridgehead atoms. The molecule has 0 heterocycles. The normalized spacial score (nSPS) is 12.2. The molecule has 16 heavy (non-hydrogen) atoms. The number of hydrogen-bond acceptors (Lipinski definition) is 3. The van der Waals surface area contributed by atoms with E-state index >= 15 is 0 Å². The molecule has 0 amide bonds. The third-order valence-electron chi connectivity index (χ3n) is 2.37. The molecular formula is C12H16ClNO2. The number of carbonyl (C=O) groups is 1. The van der Waals surface area contributed by atoms with Crippen molar-refractivity contribution < 1.29 is 9.53 Å². The van der Waals surface area contributed by atoms with E-state index < -0.39 is 6.04 Å². The van der Waals surface area contributed by atoms with Gasteiger partial charge in [0.05, 0.1) is 18.2 Å². The largest absolute Gasteiger partial charge is 0.495 e. The van der Waals surface area contributed by atoms with Crippen LogP contribution in [-0.4, -0.2) is 18.9 Å². The van der Waals surface area contributed by atoms with Crippen LogP contribution in [0.4, 0.5) is 0 Å². The minimum Gasteiger partial charge on any atom is -0.495 e. The summed E-state index contributed by atoms with van der Waals surface area (Å²) >= 11 is 5.87. The zero-order valence-corrected chi connectivity index (χ0v) is 10.3. The highest BCUT2D eigenvalue weighted by Crippen LogP contribution is 2.25. The van der Waals surface area contributed by atoms with Gasteiger partial charge in [0.1, 0.15) is 5.75 Å². The van der Waals surface area contributed by atoms with Crippen molar-refractivity contribution >= 4 is 17.4 Å². The number of nitrogens with two attached hydrogens (primary N) is 1. The molecule has 4 heteroatoms. The minimum absolute atomic E-state index is 0.0724. The fraction of sp³-hybridized carbons (Fsp3) is 0.417. The smallest absolute Gasteiger partial charge is 0.179 e. The molecule has 1 atom stereocenters. The Balaban J connectivity index is 2.92. The summed E-state index contributed by atoms with van der Waals surface area (Å²) < 4.78 is 5.05. The quantitative estimate of drug-likeness (QED) is 0.807. The van der Waals surface area contributed by atoms with Crippen LogP contribution in [0.2, 0.25) is 5.02 Å². The number of carbonyl (C=O) groups excluding carboxylic acids is 1. The van der Waals surface area contributed by atoms with E-state index in [0.29, 0.717) is 22.8 Å². The van der Waals surface area contributed by atoms with E-state index in [1.165, 1.54) is 7.11 Å². The number of hydrogen-bond donors (Lipinski definition) is 1. The molecule has 1 unspecified atom stereocenters. The second kappa shape index (κ2) is 5.87. The van der Waals surface area contributed by atoms with Gasteiger partial charge in [-0.3, -0.25) is 4.79 Å². The highest BCUT2D eigenvalue weighted by molar-refractivity contribution is 6.32. The van der Waals surface area contributed by atoms with Crippen molar-refractivity contribution in [3.8, 4) is 5.75 Å². The van der Waals surface area contributed by atoms with Crippen molar-refractivity contribution in [1.82, 2.24) is 0 Å². The first-order valence-electron chi connectivity index (χ1n) is 5.23. The topological polar surface area (TPSA) is 52.3 Å². The van der Waals surface area contributed by atoms with Gasteiger partial charge >= 0.3 is 0 Å². The van der Waals surface area contributed by atoms with Gasteiger partial charge in [-0.1, -0.05) is 24.9 Å². The molecule has 0 saturated heterocycles. The zero-order valence-electron chi connectivity index (χ0n) is 9.50. The van der Waals surface area contributed by atoms with Crippen molar-refractivity contribution in [3.05, 3.63) is 28.8 Å². The lowest BCUT2D eigenvalue weighted by Gasteiger charge is -2.10. The number of rotatable bonds is 5. The molecule has 0 spiro atoms. The molecule has 0 radical (unpaired) electrons. The van der Waals surface area contributed by atoms with E-state index in [1.807, 2.05) is 6.92 Å². The Bertz CT molecular complexity index is 379. The van der Waals surface area contributed by atoms with Gasteiger partial charge in [-0.05, 0) is 24.6 Å². The summed E-state index contributed by atoms with van der Waals surface area (Å²) in [6.07, 6.45) is 1.57. The van der Waals surface area contributed by atoms with Crippen LogP contribution in [0.25, 0.3) is 0 Å². The lowest BCUT2D eigenvalue weighted by Crippen LogP contribution is -2.30. The molecule has 1 aromatic carbocycles. The molecule has 1 aromatic rings. The zero-order chi connectivity index (χ0) is 12.1.